The zero-order valence-electron chi connectivity index (χ0n) is 10.9. The summed E-state index contributed by atoms with van der Waals surface area (Å²) >= 11 is 0. The molecular weight excluding hydrogens is 252 g/mol. The zero-order valence-corrected chi connectivity index (χ0v) is 11.8. The van der Waals surface area contributed by atoms with E-state index in [-0.39, 0.29) is 10.9 Å². The van der Waals surface area contributed by atoms with Gasteiger partial charge in [0.25, 0.3) is 0 Å². The van der Waals surface area contributed by atoms with Gasteiger partial charge in [-0.3, -0.25) is 0 Å². The molecule has 0 heterocycles. The van der Waals surface area contributed by atoms with Crippen molar-refractivity contribution in [1.82, 2.24) is 4.72 Å². The van der Waals surface area contributed by atoms with Crippen molar-refractivity contribution in [3.8, 4) is 0 Å². The van der Waals surface area contributed by atoms with Gasteiger partial charge in [-0.2, -0.15) is 0 Å². The first-order valence-corrected chi connectivity index (χ1v) is 7.31. The van der Waals surface area contributed by atoms with Crippen LogP contribution in [-0.2, 0) is 14.8 Å². The third-order valence-electron chi connectivity index (χ3n) is 2.43. The van der Waals surface area contributed by atoms with Gasteiger partial charge in [0.15, 0.2) is 0 Å². The van der Waals surface area contributed by atoms with E-state index in [0.717, 1.165) is 0 Å². The predicted molar refractivity (Wildman–Crippen MR) is 71.9 cm³/mol. The number of nitrogens with one attached hydrogen (secondary N) is 1. The molecule has 0 aromatic heterocycles. The summed E-state index contributed by atoms with van der Waals surface area (Å²) in [6.07, 6.45) is 0. The Morgan fingerprint density at radius 1 is 1.44 bits per heavy atom. The van der Waals surface area contributed by atoms with Crippen molar-refractivity contribution in [3.63, 3.8) is 0 Å². The minimum absolute atomic E-state index is 0.214. The highest BCUT2D eigenvalue weighted by molar-refractivity contribution is 7.89. The molecule has 0 radical (unpaired) electrons. The fraction of sp³-hybridized carbons (Fsp3) is 0.500. The molecule has 1 unspecified atom stereocenters. The molecule has 102 valence electrons. The van der Waals surface area contributed by atoms with Crippen LogP contribution in [0.15, 0.2) is 23.1 Å². The van der Waals surface area contributed by atoms with E-state index >= 15 is 0 Å². The molecule has 18 heavy (non-hydrogen) atoms. The lowest BCUT2D eigenvalue weighted by molar-refractivity contribution is 0.133. The third kappa shape index (κ3) is 3.97. The molecule has 0 saturated carbocycles. The van der Waals surface area contributed by atoms with Crippen LogP contribution in [0.1, 0.15) is 19.4 Å². The summed E-state index contributed by atoms with van der Waals surface area (Å²) in [5.74, 6) is 0. The molecule has 0 aliphatic heterocycles. The summed E-state index contributed by atoms with van der Waals surface area (Å²) < 4.78 is 32.1. The third-order valence-corrected chi connectivity index (χ3v) is 4.16. The number of ether oxygens (including phenoxy) is 1. The van der Waals surface area contributed by atoms with Gasteiger partial charge in [0.1, 0.15) is 0 Å². The Balaban J connectivity index is 2.89. The van der Waals surface area contributed by atoms with E-state index in [2.05, 4.69) is 4.72 Å². The monoisotopic (exact) mass is 272 g/mol. The minimum atomic E-state index is -3.55. The van der Waals surface area contributed by atoms with Crippen LogP contribution in [0.2, 0.25) is 0 Å². The van der Waals surface area contributed by atoms with Gasteiger partial charge in [0, 0.05) is 18.3 Å². The standard InChI is InChI=1S/C12H20N2O3S/c1-4-17-8-10(3)14-18(15,16)12-7-11(13)6-5-9(12)2/h5-7,10,14H,4,8,13H2,1-3H3. The van der Waals surface area contributed by atoms with Crippen molar-refractivity contribution in [3.05, 3.63) is 23.8 Å². The number of anilines is 1. The van der Waals surface area contributed by atoms with E-state index in [0.29, 0.717) is 24.5 Å². The summed E-state index contributed by atoms with van der Waals surface area (Å²) in [7, 11) is -3.55. The summed E-state index contributed by atoms with van der Waals surface area (Å²) in [6, 6.07) is 4.55. The van der Waals surface area contributed by atoms with Crippen molar-refractivity contribution in [2.45, 2.75) is 31.7 Å². The van der Waals surface area contributed by atoms with Gasteiger partial charge in [-0.1, -0.05) is 6.07 Å². The molecule has 0 amide bonds. The first kappa shape index (κ1) is 14.9. The Morgan fingerprint density at radius 2 is 2.11 bits per heavy atom. The van der Waals surface area contributed by atoms with E-state index in [1.165, 1.54) is 6.07 Å². The average molecular weight is 272 g/mol. The molecule has 6 heteroatoms. The molecule has 0 spiro atoms. The maximum absolute atomic E-state index is 12.2. The van der Waals surface area contributed by atoms with Gasteiger partial charge in [-0.05, 0) is 38.5 Å². The summed E-state index contributed by atoms with van der Waals surface area (Å²) in [4.78, 5) is 0.214. The van der Waals surface area contributed by atoms with Crippen LogP contribution in [0.5, 0.6) is 0 Å². The highest BCUT2D eigenvalue weighted by Gasteiger charge is 2.19. The van der Waals surface area contributed by atoms with Crippen LogP contribution in [0.4, 0.5) is 5.69 Å². The normalized spacial score (nSPS) is 13.5. The molecule has 3 N–H and O–H groups in total. The lowest BCUT2D eigenvalue weighted by Crippen LogP contribution is -2.36. The average Bonchev–Trinajstić information content (AvgIpc) is 2.29. The molecule has 0 aliphatic carbocycles. The zero-order chi connectivity index (χ0) is 13.8. The number of sulfonamides is 1. The van der Waals surface area contributed by atoms with Gasteiger partial charge in [0.05, 0.1) is 11.5 Å². The van der Waals surface area contributed by atoms with Gasteiger partial charge < -0.3 is 10.5 Å². The Kier molecular flexibility index (Phi) is 5.13. The number of hydrogen-bond acceptors (Lipinski definition) is 4. The van der Waals surface area contributed by atoms with Gasteiger partial charge in [-0.15, -0.1) is 0 Å². The Labute approximate surface area is 108 Å². The Bertz CT molecular complexity index is 500. The molecule has 1 rings (SSSR count). The number of rotatable bonds is 6. The van der Waals surface area contributed by atoms with Crippen LogP contribution < -0.4 is 10.5 Å². The molecule has 5 nitrogen and oxygen atoms in total. The summed E-state index contributed by atoms with van der Waals surface area (Å²) in [5, 5.41) is 0. The molecule has 0 bridgehead atoms. The second-order valence-corrected chi connectivity index (χ2v) is 5.89. The van der Waals surface area contributed by atoms with E-state index in [9.17, 15) is 8.42 Å². The lowest BCUT2D eigenvalue weighted by Gasteiger charge is -2.15. The van der Waals surface area contributed by atoms with Crippen molar-refractivity contribution in [2.75, 3.05) is 18.9 Å². The second kappa shape index (κ2) is 6.17. The molecule has 0 aliphatic rings. The number of nitrogens with two attached hydrogens (primary N) is 1. The van der Waals surface area contributed by atoms with E-state index < -0.39 is 10.0 Å². The van der Waals surface area contributed by atoms with Crippen molar-refractivity contribution in [2.24, 2.45) is 0 Å². The van der Waals surface area contributed by atoms with E-state index in [1.807, 2.05) is 6.92 Å². The smallest absolute Gasteiger partial charge is 0.241 e. The SMILES string of the molecule is CCOCC(C)NS(=O)(=O)c1cc(N)ccc1C. The number of benzene rings is 1. The van der Waals surface area contributed by atoms with Crippen LogP contribution in [0.3, 0.4) is 0 Å². The van der Waals surface area contributed by atoms with E-state index in [4.69, 9.17) is 10.5 Å². The highest BCUT2D eigenvalue weighted by atomic mass is 32.2. The second-order valence-electron chi connectivity index (χ2n) is 4.21. The number of hydrogen-bond donors (Lipinski definition) is 2. The Hall–Kier alpha value is -1.11. The lowest BCUT2D eigenvalue weighted by atomic mass is 10.2. The first-order valence-electron chi connectivity index (χ1n) is 5.83. The molecule has 1 aromatic carbocycles. The molecule has 1 atom stereocenters. The highest BCUT2D eigenvalue weighted by Crippen LogP contribution is 2.18. The fourth-order valence-corrected chi connectivity index (χ4v) is 3.07. The minimum Gasteiger partial charge on any atom is -0.399 e. The van der Waals surface area contributed by atoms with Gasteiger partial charge >= 0.3 is 0 Å². The largest absolute Gasteiger partial charge is 0.399 e. The maximum atomic E-state index is 12.2. The summed E-state index contributed by atoms with van der Waals surface area (Å²) in [5.41, 5.74) is 6.71. The van der Waals surface area contributed by atoms with Crippen molar-refractivity contribution in [1.29, 1.82) is 0 Å². The first-order chi connectivity index (χ1) is 8.36. The van der Waals surface area contributed by atoms with Crippen LogP contribution in [0.25, 0.3) is 0 Å². The number of nitrogen functional groups attached to an aromatic ring is 1. The van der Waals surface area contributed by atoms with Crippen LogP contribution in [0, 0.1) is 6.92 Å². The quantitative estimate of drug-likeness (QED) is 0.764. The summed E-state index contributed by atoms with van der Waals surface area (Å²) in [6.45, 7) is 6.26. The van der Waals surface area contributed by atoms with Crippen LogP contribution in [-0.4, -0.2) is 27.7 Å². The molecule has 0 saturated heterocycles. The predicted octanol–water partition coefficient (Wildman–Crippen LogP) is 1.28. The maximum Gasteiger partial charge on any atom is 0.241 e. The van der Waals surface area contributed by atoms with Gasteiger partial charge in [-0.25, -0.2) is 13.1 Å². The molecule has 0 fully saturated rings. The van der Waals surface area contributed by atoms with Crippen LogP contribution >= 0.6 is 0 Å². The number of aryl methyl sites for hydroxylation is 1. The van der Waals surface area contributed by atoms with Gasteiger partial charge in [0.2, 0.25) is 10.0 Å². The van der Waals surface area contributed by atoms with Crippen molar-refractivity contribution >= 4 is 15.7 Å². The van der Waals surface area contributed by atoms with E-state index in [1.54, 1.807) is 26.0 Å². The molecular formula is C12H20N2O3S. The fourth-order valence-electron chi connectivity index (χ4n) is 1.56. The topological polar surface area (TPSA) is 81.4 Å². The Morgan fingerprint density at radius 3 is 2.72 bits per heavy atom. The van der Waals surface area contributed by atoms with Crippen molar-refractivity contribution < 1.29 is 13.2 Å². The molecule has 1 aromatic rings.